The van der Waals surface area contributed by atoms with Gasteiger partial charge in [-0.3, -0.25) is 4.79 Å². The van der Waals surface area contributed by atoms with Crippen molar-refractivity contribution in [3.05, 3.63) is 29.5 Å². The first kappa shape index (κ1) is 26.2. The van der Waals surface area contributed by atoms with Crippen molar-refractivity contribution in [3.63, 3.8) is 0 Å². The summed E-state index contributed by atoms with van der Waals surface area (Å²) in [5.41, 5.74) is -0.288. The van der Waals surface area contributed by atoms with Crippen LogP contribution in [-0.4, -0.2) is 36.5 Å². The van der Waals surface area contributed by atoms with Crippen LogP contribution >= 0.6 is 0 Å². The van der Waals surface area contributed by atoms with E-state index in [1.54, 1.807) is 18.2 Å². The Morgan fingerprint density at radius 1 is 1.00 bits per heavy atom. The maximum atomic E-state index is 13.6. The summed E-state index contributed by atoms with van der Waals surface area (Å²) in [6.07, 6.45) is 6.27. The largest absolute Gasteiger partial charge is 0.431 e. The molecule has 0 bridgehead atoms. The Balaban J connectivity index is 1.98. The molecule has 0 saturated carbocycles. The second kappa shape index (κ2) is 12.9. The number of carbonyl (C=O) groups is 1. The molecule has 0 fully saturated rings. The van der Waals surface area contributed by atoms with Crippen LogP contribution in [0.5, 0.6) is 5.75 Å². The molecule has 0 radical (unpaired) electrons. The molecule has 4 nitrogen and oxygen atoms in total. The first-order chi connectivity index (χ1) is 15.2. The lowest BCUT2D eigenvalue weighted by Gasteiger charge is -2.13. The van der Waals surface area contributed by atoms with E-state index in [1.807, 2.05) is 19.0 Å². The highest BCUT2D eigenvalue weighted by molar-refractivity contribution is 5.92. The first-order valence-electron chi connectivity index (χ1n) is 11.8. The van der Waals surface area contributed by atoms with Gasteiger partial charge in [0.1, 0.15) is 11.4 Å². The van der Waals surface area contributed by atoms with E-state index >= 15 is 0 Å². The summed E-state index contributed by atoms with van der Waals surface area (Å²) in [6.45, 7) is 2.66. The maximum Gasteiger partial charge on any atom is 0.431 e. The number of aromatic amines is 1. The SMILES string of the molecule is CCCCCCCCCCCC(=O)Oc1cccc2[nH]c(C(F)(F)F)c(CCN(C)C)c12. The van der Waals surface area contributed by atoms with Crippen LogP contribution in [-0.2, 0) is 17.4 Å². The van der Waals surface area contributed by atoms with E-state index in [-0.39, 0.29) is 24.2 Å². The number of carbonyl (C=O) groups excluding carboxylic acids is 1. The quantitative estimate of drug-likeness (QED) is 0.188. The Labute approximate surface area is 189 Å². The monoisotopic (exact) mass is 454 g/mol. The molecule has 2 rings (SSSR count). The number of ether oxygens (including phenoxy) is 1. The van der Waals surface area contributed by atoms with Crippen LogP contribution in [0.3, 0.4) is 0 Å². The summed E-state index contributed by atoms with van der Waals surface area (Å²) in [5, 5.41) is 0.349. The highest BCUT2D eigenvalue weighted by atomic mass is 19.4. The zero-order chi connectivity index (χ0) is 23.6. The smallest absolute Gasteiger partial charge is 0.426 e. The molecule has 0 spiro atoms. The number of hydrogen-bond donors (Lipinski definition) is 1. The van der Waals surface area contributed by atoms with Gasteiger partial charge in [0.15, 0.2) is 0 Å². The number of nitrogens with one attached hydrogen (secondary N) is 1. The number of H-pyrrole nitrogens is 1. The topological polar surface area (TPSA) is 45.3 Å². The van der Waals surface area contributed by atoms with E-state index in [4.69, 9.17) is 4.74 Å². The van der Waals surface area contributed by atoms with Crippen molar-refractivity contribution in [2.24, 2.45) is 0 Å². The van der Waals surface area contributed by atoms with Crippen molar-refractivity contribution in [2.75, 3.05) is 20.6 Å². The van der Waals surface area contributed by atoms with Crippen molar-refractivity contribution < 1.29 is 22.7 Å². The van der Waals surface area contributed by atoms with Gasteiger partial charge in [-0.05, 0) is 44.6 Å². The zero-order valence-corrected chi connectivity index (χ0v) is 19.6. The summed E-state index contributed by atoms with van der Waals surface area (Å²) in [4.78, 5) is 16.7. The van der Waals surface area contributed by atoms with Gasteiger partial charge in [0.2, 0.25) is 0 Å². The number of nitrogens with zero attached hydrogens (tertiary/aromatic N) is 1. The molecule has 0 atom stereocenters. The molecule has 0 unspecified atom stereocenters. The van der Waals surface area contributed by atoms with Crippen LogP contribution < -0.4 is 4.74 Å². The van der Waals surface area contributed by atoms with Crippen LogP contribution in [0.15, 0.2) is 18.2 Å². The van der Waals surface area contributed by atoms with Gasteiger partial charge in [-0.2, -0.15) is 13.2 Å². The highest BCUT2D eigenvalue weighted by Gasteiger charge is 2.37. The Hall–Kier alpha value is -2.02. The minimum atomic E-state index is -4.50. The summed E-state index contributed by atoms with van der Waals surface area (Å²) < 4.78 is 46.4. The predicted octanol–water partition coefficient (Wildman–Crippen LogP) is 7.12. The third-order valence-corrected chi connectivity index (χ3v) is 5.69. The van der Waals surface area contributed by atoms with E-state index in [9.17, 15) is 18.0 Å². The Morgan fingerprint density at radius 3 is 2.22 bits per heavy atom. The molecular formula is C25H37F3N2O2. The number of unbranched alkanes of at least 4 members (excludes halogenated alkanes) is 8. The van der Waals surface area contributed by atoms with Crippen LogP contribution in [0.1, 0.15) is 82.4 Å². The molecule has 1 aromatic heterocycles. The normalized spacial score (nSPS) is 12.1. The highest BCUT2D eigenvalue weighted by Crippen LogP contribution is 2.39. The lowest BCUT2D eigenvalue weighted by molar-refractivity contribution is -0.141. The Morgan fingerprint density at radius 2 is 1.62 bits per heavy atom. The predicted molar refractivity (Wildman–Crippen MR) is 123 cm³/mol. The minimum absolute atomic E-state index is 0.146. The molecule has 0 aliphatic heterocycles. The summed E-state index contributed by atoms with van der Waals surface area (Å²) in [5.74, 6) is -0.197. The first-order valence-corrected chi connectivity index (χ1v) is 11.8. The van der Waals surface area contributed by atoms with Crippen LogP contribution in [0, 0.1) is 0 Å². The van der Waals surface area contributed by atoms with E-state index in [2.05, 4.69) is 11.9 Å². The zero-order valence-electron chi connectivity index (χ0n) is 19.6. The number of fused-ring (bicyclic) bond motifs is 1. The van der Waals surface area contributed by atoms with Crippen molar-refractivity contribution in [3.8, 4) is 5.75 Å². The van der Waals surface area contributed by atoms with Gasteiger partial charge in [-0.15, -0.1) is 0 Å². The molecule has 0 saturated heterocycles. The van der Waals surface area contributed by atoms with Crippen LogP contribution in [0.2, 0.25) is 0 Å². The van der Waals surface area contributed by atoms with Crippen LogP contribution in [0.4, 0.5) is 13.2 Å². The molecule has 7 heteroatoms. The molecule has 1 N–H and O–H groups in total. The molecular weight excluding hydrogens is 417 g/mol. The molecule has 0 aliphatic carbocycles. The summed E-state index contributed by atoms with van der Waals surface area (Å²) >= 11 is 0. The second-order valence-corrected chi connectivity index (χ2v) is 8.76. The summed E-state index contributed by atoms with van der Waals surface area (Å²) in [6, 6.07) is 4.77. The van der Waals surface area contributed by atoms with Gasteiger partial charge >= 0.3 is 12.1 Å². The van der Waals surface area contributed by atoms with E-state index in [0.29, 0.717) is 17.4 Å². The molecule has 0 amide bonds. The molecule has 2 aromatic rings. The van der Waals surface area contributed by atoms with E-state index < -0.39 is 17.8 Å². The van der Waals surface area contributed by atoms with Gasteiger partial charge < -0.3 is 14.6 Å². The van der Waals surface area contributed by atoms with Gasteiger partial charge in [-0.1, -0.05) is 64.4 Å². The number of alkyl halides is 3. The van der Waals surface area contributed by atoms with Crippen molar-refractivity contribution in [2.45, 2.75) is 83.7 Å². The number of halogens is 3. The maximum absolute atomic E-state index is 13.6. The lowest BCUT2D eigenvalue weighted by Crippen LogP contribution is -2.17. The Kier molecular flexibility index (Phi) is 10.6. The number of esters is 1. The van der Waals surface area contributed by atoms with Crippen molar-refractivity contribution in [1.82, 2.24) is 9.88 Å². The number of aromatic nitrogens is 1. The van der Waals surface area contributed by atoms with E-state index in [1.165, 1.54) is 38.5 Å². The number of rotatable bonds is 14. The fourth-order valence-electron chi connectivity index (χ4n) is 3.95. The fourth-order valence-corrected chi connectivity index (χ4v) is 3.95. The van der Waals surface area contributed by atoms with Gasteiger partial charge in [0, 0.05) is 23.9 Å². The van der Waals surface area contributed by atoms with Crippen molar-refractivity contribution >= 4 is 16.9 Å². The average molecular weight is 455 g/mol. The molecule has 1 aromatic carbocycles. The molecule has 1 heterocycles. The van der Waals surface area contributed by atoms with Gasteiger partial charge in [-0.25, -0.2) is 0 Å². The van der Waals surface area contributed by atoms with Gasteiger partial charge in [0.05, 0.1) is 0 Å². The number of benzene rings is 1. The lowest BCUT2D eigenvalue weighted by atomic mass is 10.1. The molecule has 0 aliphatic rings. The third-order valence-electron chi connectivity index (χ3n) is 5.69. The average Bonchev–Trinajstić information content (AvgIpc) is 3.11. The fraction of sp³-hybridized carbons (Fsp3) is 0.640. The second-order valence-electron chi connectivity index (χ2n) is 8.76. The van der Waals surface area contributed by atoms with Crippen LogP contribution in [0.25, 0.3) is 10.9 Å². The molecule has 180 valence electrons. The van der Waals surface area contributed by atoms with Gasteiger partial charge in [0.25, 0.3) is 0 Å². The molecule has 32 heavy (non-hydrogen) atoms. The standard InChI is InChI=1S/C25H37F3N2O2/c1-4-5-6-7-8-9-10-11-12-16-22(31)32-21-15-13-14-20-23(21)19(17-18-30(2)3)24(29-20)25(26,27)28/h13-15,29H,4-12,16-18H2,1-3H3. The number of likely N-dealkylation sites (N-methyl/N-ethyl adjacent to an activating group) is 1. The number of hydrogen-bond acceptors (Lipinski definition) is 3. The van der Waals surface area contributed by atoms with E-state index in [0.717, 1.165) is 19.3 Å². The Bertz CT molecular complexity index is 844. The third kappa shape index (κ3) is 8.15. The van der Waals surface area contributed by atoms with Crippen molar-refractivity contribution in [1.29, 1.82) is 0 Å². The summed E-state index contributed by atoms with van der Waals surface area (Å²) in [7, 11) is 3.63. The minimum Gasteiger partial charge on any atom is -0.426 e.